The largest absolute Gasteiger partial charge is 0.497 e. The van der Waals surface area contributed by atoms with Gasteiger partial charge in [-0.15, -0.1) is 11.3 Å². The molecule has 0 radical (unpaired) electrons. The Morgan fingerprint density at radius 3 is 2.46 bits per heavy atom. The highest BCUT2D eigenvalue weighted by molar-refractivity contribution is 7.12. The summed E-state index contributed by atoms with van der Waals surface area (Å²) in [6.07, 6.45) is 0. The lowest BCUT2D eigenvalue weighted by molar-refractivity contribution is 0.0882. The van der Waals surface area contributed by atoms with Gasteiger partial charge in [-0.2, -0.15) is 0 Å². The molecule has 1 N–H and O–H groups in total. The van der Waals surface area contributed by atoms with Crippen LogP contribution < -0.4 is 10.1 Å². The highest BCUT2D eigenvalue weighted by Gasteiger charge is 2.22. The van der Waals surface area contributed by atoms with Crippen LogP contribution in [-0.4, -0.2) is 61.4 Å². The minimum absolute atomic E-state index is 0.0648. The molecule has 1 aromatic carbocycles. The molecule has 1 aromatic heterocycles. The molecule has 0 aliphatic carbocycles. The van der Waals surface area contributed by atoms with Crippen LogP contribution in [0.5, 0.6) is 5.75 Å². The summed E-state index contributed by atoms with van der Waals surface area (Å²) in [5.41, 5.74) is 1.03. The number of hydrogen-bond donors (Lipinski definition) is 1. The van der Waals surface area contributed by atoms with Crippen LogP contribution in [-0.2, 0) is 6.54 Å². The fraction of sp³-hybridized carbons (Fsp3) is 0.368. The molecule has 1 aliphatic rings. The summed E-state index contributed by atoms with van der Waals surface area (Å²) < 4.78 is 5.13. The molecule has 0 saturated carbocycles. The zero-order valence-corrected chi connectivity index (χ0v) is 15.6. The highest BCUT2D eigenvalue weighted by Crippen LogP contribution is 2.12. The van der Waals surface area contributed by atoms with Crippen molar-refractivity contribution in [1.29, 1.82) is 0 Å². The maximum atomic E-state index is 12.3. The molecule has 0 bridgehead atoms. The van der Waals surface area contributed by atoms with E-state index in [9.17, 15) is 9.59 Å². The van der Waals surface area contributed by atoms with Crippen molar-refractivity contribution in [3.8, 4) is 5.75 Å². The van der Waals surface area contributed by atoms with Gasteiger partial charge in [0, 0.05) is 32.7 Å². The number of carbonyl (C=O) groups excluding carboxylic acids is 2. The zero-order valence-electron chi connectivity index (χ0n) is 14.8. The van der Waals surface area contributed by atoms with E-state index in [2.05, 4.69) is 10.2 Å². The van der Waals surface area contributed by atoms with Gasteiger partial charge in [0.25, 0.3) is 0 Å². The molecular weight excluding hydrogens is 350 g/mol. The lowest BCUT2D eigenvalue weighted by Gasteiger charge is -2.34. The first-order valence-corrected chi connectivity index (χ1v) is 9.48. The van der Waals surface area contributed by atoms with E-state index in [0.717, 1.165) is 16.2 Å². The number of methoxy groups -OCH3 is 1. The smallest absolute Gasteiger partial charge is 0.317 e. The minimum atomic E-state index is -0.0648. The molecule has 2 amide bonds. The number of ketones is 1. The third-order valence-electron chi connectivity index (χ3n) is 4.43. The molecule has 0 unspecified atom stereocenters. The number of hydrogen-bond acceptors (Lipinski definition) is 5. The number of benzene rings is 1. The van der Waals surface area contributed by atoms with Gasteiger partial charge in [0.1, 0.15) is 5.75 Å². The van der Waals surface area contributed by atoms with Crippen LogP contribution in [0.1, 0.15) is 15.2 Å². The molecule has 138 valence electrons. The maximum Gasteiger partial charge on any atom is 0.317 e. The standard InChI is InChI=1S/C19H23N3O3S/c1-25-16-6-4-15(5-7-16)13-20-19(24)22-10-8-21(9-11-22)14-17(23)18-3-2-12-26-18/h2-7,12H,8-11,13-14H2,1H3,(H,20,24). The summed E-state index contributed by atoms with van der Waals surface area (Å²) in [6, 6.07) is 11.3. The number of nitrogens with zero attached hydrogens (tertiary/aromatic N) is 2. The quantitative estimate of drug-likeness (QED) is 0.790. The molecule has 3 rings (SSSR count). The van der Waals surface area contributed by atoms with Gasteiger partial charge in [0.2, 0.25) is 0 Å². The summed E-state index contributed by atoms with van der Waals surface area (Å²) in [5.74, 6) is 0.950. The monoisotopic (exact) mass is 373 g/mol. The van der Waals surface area contributed by atoms with E-state index in [-0.39, 0.29) is 11.8 Å². The van der Waals surface area contributed by atoms with Crippen molar-refractivity contribution in [3.05, 3.63) is 52.2 Å². The van der Waals surface area contributed by atoms with Gasteiger partial charge in [-0.05, 0) is 29.1 Å². The zero-order chi connectivity index (χ0) is 18.4. The fourth-order valence-electron chi connectivity index (χ4n) is 2.86. The summed E-state index contributed by atoms with van der Waals surface area (Å²) in [4.78, 5) is 29.2. The van der Waals surface area contributed by atoms with E-state index in [1.807, 2.05) is 41.8 Å². The van der Waals surface area contributed by atoms with Gasteiger partial charge in [0.05, 0.1) is 18.5 Å². The van der Waals surface area contributed by atoms with Crippen LogP contribution in [0.15, 0.2) is 41.8 Å². The van der Waals surface area contributed by atoms with E-state index in [0.29, 0.717) is 39.3 Å². The van der Waals surface area contributed by atoms with Gasteiger partial charge in [-0.1, -0.05) is 18.2 Å². The Kier molecular flexibility index (Phi) is 6.25. The van der Waals surface area contributed by atoms with Crippen LogP contribution in [0.4, 0.5) is 4.79 Å². The molecule has 26 heavy (non-hydrogen) atoms. The molecule has 0 atom stereocenters. The van der Waals surface area contributed by atoms with Crippen molar-refractivity contribution < 1.29 is 14.3 Å². The Morgan fingerprint density at radius 1 is 1.12 bits per heavy atom. The Balaban J connectivity index is 1.41. The van der Waals surface area contributed by atoms with Gasteiger partial charge in [-0.25, -0.2) is 4.79 Å². The Hall–Kier alpha value is -2.38. The number of thiophene rings is 1. The van der Waals surface area contributed by atoms with Gasteiger partial charge >= 0.3 is 6.03 Å². The van der Waals surface area contributed by atoms with Gasteiger partial charge in [-0.3, -0.25) is 9.69 Å². The van der Waals surface area contributed by atoms with Crippen molar-refractivity contribution in [2.24, 2.45) is 0 Å². The van der Waals surface area contributed by atoms with Gasteiger partial charge in [0.15, 0.2) is 5.78 Å². The SMILES string of the molecule is COc1ccc(CNC(=O)N2CCN(CC(=O)c3cccs3)CC2)cc1. The van der Waals surface area contributed by atoms with Crippen molar-refractivity contribution in [3.63, 3.8) is 0 Å². The average molecular weight is 373 g/mol. The summed E-state index contributed by atoms with van der Waals surface area (Å²) in [7, 11) is 1.63. The molecule has 2 aromatic rings. The van der Waals surface area contributed by atoms with Gasteiger partial charge < -0.3 is 15.0 Å². The molecule has 1 saturated heterocycles. The minimum Gasteiger partial charge on any atom is -0.497 e. The Bertz CT molecular complexity index is 723. The molecule has 6 nitrogen and oxygen atoms in total. The van der Waals surface area contributed by atoms with Crippen LogP contribution >= 0.6 is 11.3 Å². The fourth-order valence-corrected chi connectivity index (χ4v) is 3.52. The van der Waals surface area contributed by atoms with Crippen LogP contribution in [0, 0.1) is 0 Å². The maximum absolute atomic E-state index is 12.3. The van der Waals surface area contributed by atoms with Crippen LogP contribution in [0.25, 0.3) is 0 Å². The Morgan fingerprint density at radius 2 is 1.85 bits per heavy atom. The van der Waals surface area contributed by atoms with E-state index in [1.54, 1.807) is 12.0 Å². The Labute approximate surface area is 157 Å². The van der Waals surface area contributed by atoms with Crippen molar-refractivity contribution >= 4 is 23.2 Å². The topological polar surface area (TPSA) is 61.9 Å². The van der Waals surface area contributed by atoms with Crippen molar-refractivity contribution in [2.45, 2.75) is 6.54 Å². The molecule has 1 aliphatic heterocycles. The number of urea groups is 1. The number of Topliss-reactive ketones (excluding diaryl/α,β-unsaturated/α-hetero) is 1. The van der Waals surface area contributed by atoms with E-state index >= 15 is 0 Å². The second kappa shape index (κ2) is 8.82. The first-order chi connectivity index (χ1) is 12.7. The lowest BCUT2D eigenvalue weighted by atomic mass is 10.2. The molecule has 7 heteroatoms. The number of nitrogens with one attached hydrogen (secondary N) is 1. The predicted octanol–water partition coefficient (Wildman–Crippen LogP) is 2.47. The van der Waals surface area contributed by atoms with E-state index < -0.39 is 0 Å². The average Bonchev–Trinajstić information content (AvgIpc) is 3.22. The van der Waals surface area contributed by atoms with E-state index in [1.165, 1.54) is 11.3 Å². The number of amides is 2. The first kappa shape index (κ1) is 18.4. The third-order valence-corrected chi connectivity index (χ3v) is 5.34. The van der Waals surface area contributed by atoms with Crippen molar-refractivity contribution in [2.75, 3.05) is 39.8 Å². The lowest BCUT2D eigenvalue weighted by Crippen LogP contribution is -2.52. The summed E-state index contributed by atoms with van der Waals surface area (Å²) in [5, 5.41) is 4.86. The van der Waals surface area contributed by atoms with Crippen LogP contribution in [0.2, 0.25) is 0 Å². The van der Waals surface area contributed by atoms with Crippen molar-refractivity contribution in [1.82, 2.24) is 15.1 Å². The number of piperazine rings is 1. The molecule has 1 fully saturated rings. The summed E-state index contributed by atoms with van der Waals surface area (Å²) in [6.45, 7) is 3.60. The summed E-state index contributed by atoms with van der Waals surface area (Å²) >= 11 is 1.47. The third kappa shape index (κ3) is 4.83. The van der Waals surface area contributed by atoms with Crippen LogP contribution in [0.3, 0.4) is 0 Å². The number of carbonyl (C=O) groups is 2. The normalized spacial score (nSPS) is 14.9. The molecule has 0 spiro atoms. The second-order valence-corrected chi connectivity index (χ2v) is 7.12. The first-order valence-electron chi connectivity index (χ1n) is 8.60. The molecular formula is C19H23N3O3S. The number of ether oxygens (including phenoxy) is 1. The highest BCUT2D eigenvalue weighted by atomic mass is 32.1. The molecule has 2 heterocycles. The van der Waals surface area contributed by atoms with E-state index in [4.69, 9.17) is 4.74 Å². The number of rotatable bonds is 6. The predicted molar refractivity (Wildman–Crippen MR) is 102 cm³/mol. The second-order valence-electron chi connectivity index (χ2n) is 6.17.